The average Bonchev–Trinajstić information content (AvgIpc) is 2.94. The van der Waals surface area contributed by atoms with Crippen molar-refractivity contribution < 1.29 is 32.2 Å². The number of pyridine rings is 1. The van der Waals surface area contributed by atoms with Crippen molar-refractivity contribution in [2.75, 3.05) is 19.3 Å². The quantitative estimate of drug-likeness (QED) is 0.212. The van der Waals surface area contributed by atoms with E-state index < -0.39 is 39.2 Å². The summed E-state index contributed by atoms with van der Waals surface area (Å²) in [5.74, 6) is -0.798. The molecule has 0 spiro atoms. The number of ether oxygens (including phenoxy) is 1. The summed E-state index contributed by atoms with van der Waals surface area (Å²) in [4.78, 5) is 28.9. The minimum absolute atomic E-state index is 0.00807. The van der Waals surface area contributed by atoms with E-state index in [0.717, 1.165) is 11.1 Å². The summed E-state index contributed by atoms with van der Waals surface area (Å²) in [7, 11) is -3.39. The van der Waals surface area contributed by atoms with Crippen LogP contribution in [0.2, 0.25) is 5.21 Å². The number of benzene rings is 2. The Balaban J connectivity index is 1.87. The standard InChI is InChI=1S/C30H37AsFN3O6S/c1-4-15-31(42(3,39)40)27-18-24(17-26(35-27)28(36)33-16-14-22-10-12-25(32)13-11-22)20-41-30(2,21-34-29(37)38)19-23-8-6-5-7-9-23/h5-13,17-18,34H,4,14-16,19-21H2,1-3H3,(H,33,36)(H,37,38). The van der Waals surface area contributed by atoms with Crippen molar-refractivity contribution in [2.24, 2.45) is 0 Å². The van der Waals surface area contributed by atoms with Gasteiger partial charge in [-0.1, -0.05) is 0 Å². The third-order valence-electron chi connectivity index (χ3n) is 6.42. The second-order valence-corrected chi connectivity index (χ2v) is 21.7. The first-order valence-electron chi connectivity index (χ1n) is 13.5. The molecule has 1 aromatic heterocycles. The molecule has 0 aliphatic carbocycles. The molecule has 0 radical (unpaired) electrons. The van der Waals surface area contributed by atoms with Crippen molar-refractivity contribution >= 4 is 38.1 Å². The molecule has 3 N–H and O–H groups in total. The van der Waals surface area contributed by atoms with E-state index >= 15 is 0 Å². The molecule has 2 aromatic carbocycles. The van der Waals surface area contributed by atoms with Crippen molar-refractivity contribution in [3.63, 3.8) is 0 Å². The van der Waals surface area contributed by atoms with Gasteiger partial charge in [-0.05, 0) is 0 Å². The summed E-state index contributed by atoms with van der Waals surface area (Å²) in [6.07, 6.45) is 1.59. The van der Waals surface area contributed by atoms with Gasteiger partial charge in [0.05, 0.1) is 0 Å². The van der Waals surface area contributed by atoms with Gasteiger partial charge in [-0.15, -0.1) is 0 Å². The number of carbonyl (C=O) groups is 2. The van der Waals surface area contributed by atoms with E-state index in [-0.39, 0.29) is 31.2 Å². The molecule has 3 rings (SSSR count). The number of aromatic nitrogens is 1. The average molecular weight is 662 g/mol. The van der Waals surface area contributed by atoms with Crippen molar-refractivity contribution in [2.45, 2.75) is 50.5 Å². The molecule has 2 unspecified atom stereocenters. The van der Waals surface area contributed by atoms with Crippen LogP contribution in [0.25, 0.3) is 0 Å². The zero-order chi connectivity index (χ0) is 30.8. The van der Waals surface area contributed by atoms with Gasteiger partial charge in [0.2, 0.25) is 0 Å². The van der Waals surface area contributed by atoms with E-state index in [0.29, 0.717) is 34.5 Å². The van der Waals surface area contributed by atoms with Gasteiger partial charge < -0.3 is 0 Å². The third-order valence-corrected chi connectivity index (χ3v) is 17.5. The molecular formula is C30H37AsFN3O6S. The molecule has 0 aliphatic rings. The maximum absolute atomic E-state index is 13.2. The van der Waals surface area contributed by atoms with Crippen LogP contribution in [0.5, 0.6) is 0 Å². The first-order valence-corrected chi connectivity index (χ1v) is 20.0. The number of hydrogen-bond donors (Lipinski definition) is 3. The van der Waals surface area contributed by atoms with Gasteiger partial charge in [0.15, 0.2) is 0 Å². The summed E-state index contributed by atoms with van der Waals surface area (Å²) in [5, 5.41) is 14.9. The molecule has 226 valence electrons. The molecule has 0 aliphatic heterocycles. The molecule has 9 nitrogen and oxygen atoms in total. The predicted octanol–water partition coefficient (Wildman–Crippen LogP) is 3.63. The molecule has 0 saturated heterocycles. The Kier molecular flexibility index (Phi) is 12.1. The van der Waals surface area contributed by atoms with E-state index in [4.69, 9.17) is 4.74 Å². The van der Waals surface area contributed by atoms with E-state index in [2.05, 4.69) is 15.6 Å². The Morgan fingerprint density at radius 1 is 1.02 bits per heavy atom. The van der Waals surface area contributed by atoms with Crippen LogP contribution in [-0.4, -0.2) is 69.0 Å². The minimum atomic E-state index is -3.39. The molecule has 12 heteroatoms. The van der Waals surface area contributed by atoms with Crippen LogP contribution in [0, 0.1) is 5.82 Å². The molecule has 0 saturated carbocycles. The van der Waals surface area contributed by atoms with Crippen LogP contribution >= 0.6 is 0 Å². The number of nitrogens with zero attached hydrogens (tertiary/aromatic N) is 1. The van der Waals surface area contributed by atoms with Crippen LogP contribution < -0.4 is 15.1 Å². The number of nitrogens with one attached hydrogen (secondary N) is 2. The van der Waals surface area contributed by atoms with E-state index in [1.807, 2.05) is 37.3 Å². The third kappa shape index (κ3) is 10.5. The Hall–Kier alpha value is -3.27. The molecule has 0 fully saturated rings. The van der Waals surface area contributed by atoms with Crippen molar-refractivity contribution in [3.8, 4) is 0 Å². The Morgan fingerprint density at radius 2 is 1.71 bits per heavy atom. The number of amides is 2. The molecule has 2 amide bonds. The van der Waals surface area contributed by atoms with Crippen molar-refractivity contribution in [3.05, 3.63) is 94.9 Å². The molecule has 3 aromatic rings. The first-order chi connectivity index (χ1) is 19.9. The van der Waals surface area contributed by atoms with Gasteiger partial charge in [0.25, 0.3) is 0 Å². The normalized spacial score (nSPS) is 13.6. The zero-order valence-electron chi connectivity index (χ0n) is 24.0. The Bertz CT molecular complexity index is 1460. The summed E-state index contributed by atoms with van der Waals surface area (Å²) in [6, 6.07) is 18.8. The monoisotopic (exact) mass is 661 g/mol. The summed E-state index contributed by atoms with van der Waals surface area (Å²) in [6.45, 7) is 4.01. The van der Waals surface area contributed by atoms with Crippen LogP contribution in [0.4, 0.5) is 9.18 Å². The van der Waals surface area contributed by atoms with Gasteiger partial charge in [-0.3, -0.25) is 0 Å². The molecule has 42 heavy (non-hydrogen) atoms. The van der Waals surface area contributed by atoms with Gasteiger partial charge in [-0.2, -0.15) is 0 Å². The van der Waals surface area contributed by atoms with Gasteiger partial charge in [0, 0.05) is 0 Å². The van der Waals surface area contributed by atoms with Crippen LogP contribution in [0.15, 0.2) is 66.7 Å². The van der Waals surface area contributed by atoms with Gasteiger partial charge in [-0.25, -0.2) is 0 Å². The number of halogens is 1. The number of carbonyl (C=O) groups excluding carboxylic acids is 1. The topological polar surface area (TPSA) is 135 Å². The molecule has 1 heterocycles. The number of carboxylic acid groups (broad SMARTS) is 1. The fraction of sp³-hybridized carbons (Fsp3) is 0.367. The van der Waals surface area contributed by atoms with E-state index in [1.54, 1.807) is 31.2 Å². The van der Waals surface area contributed by atoms with Crippen molar-refractivity contribution in [1.82, 2.24) is 15.6 Å². The summed E-state index contributed by atoms with van der Waals surface area (Å²) in [5.41, 5.74) is 1.53. The van der Waals surface area contributed by atoms with Crippen LogP contribution in [0.1, 0.15) is 47.4 Å². The number of rotatable bonds is 15. The molecule has 2 atom stereocenters. The van der Waals surface area contributed by atoms with Gasteiger partial charge >= 0.3 is 251 Å². The maximum atomic E-state index is 13.2. The van der Waals surface area contributed by atoms with E-state index in [9.17, 15) is 27.5 Å². The Labute approximate surface area is 250 Å². The SMILES string of the molecule is CCC[As](c1cc(COC(C)(CNC(=O)O)Cc2ccccc2)cc(C(=O)NCCc2ccc(F)cc2)n1)S(C)(=O)=O. The fourth-order valence-electron chi connectivity index (χ4n) is 4.33. The van der Waals surface area contributed by atoms with E-state index in [1.165, 1.54) is 18.4 Å². The molecule has 0 bridgehead atoms. The van der Waals surface area contributed by atoms with Crippen LogP contribution in [0.3, 0.4) is 0 Å². The van der Waals surface area contributed by atoms with Crippen molar-refractivity contribution in [1.29, 1.82) is 0 Å². The first kappa shape index (κ1) is 33.2. The predicted molar refractivity (Wildman–Crippen MR) is 161 cm³/mol. The zero-order valence-corrected chi connectivity index (χ0v) is 26.7. The molecular weight excluding hydrogens is 624 g/mol. The summed E-state index contributed by atoms with van der Waals surface area (Å²) >= 11 is -2.69. The van der Waals surface area contributed by atoms with Gasteiger partial charge in [0.1, 0.15) is 0 Å². The second kappa shape index (κ2) is 15.3. The summed E-state index contributed by atoms with van der Waals surface area (Å²) < 4.78 is 45.4. The fourth-order valence-corrected chi connectivity index (χ4v) is 13.1. The number of hydrogen-bond acceptors (Lipinski definition) is 6. The Morgan fingerprint density at radius 3 is 2.33 bits per heavy atom. The second-order valence-electron chi connectivity index (χ2n) is 10.2. The van der Waals surface area contributed by atoms with Crippen LogP contribution in [-0.2, 0) is 32.3 Å².